The third-order valence-electron chi connectivity index (χ3n) is 3.36. The van der Waals surface area contributed by atoms with Crippen LogP contribution < -0.4 is 5.32 Å². The van der Waals surface area contributed by atoms with Crippen molar-refractivity contribution in [3.05, 3.63) is 52.2 Å². The van der Waals surface area contributed by atoms with E-state index in [1.807, 2.05) is 23.8 Å². The van der Waals surface area contributed by atoms with E-state index >= 15 is 0 Å². The molecular weight excluding hydrogens is 271 g/mol. The molecule has 0 aliphatic heterocycles. The first-order chi connectivity index (χ1) is 9.38. The molecule has 0 bridgehead atoms. The minimum atomic E-state index is -0.197. The van der Waals surface area contributed by atoms with E-state index in [-0.39, 0.29) is 23.3 Å². The maximum Gasteiger partial charge on any atom is 0.123 e. The Morgan fingerprint density at radius 2 is 1.85 bits per heavy atom. The topological polar surface area (TPSA) is 24.9 Å². The van der Waals surface area contributed by atoms with Gasteiger partial charge in [0.25, 0.3) is 0 Å². The molecule has 2 nitrogen and oxygen atoms in total. The molecule has 0 radical (unpaired) electrons. The number of benzene rings is 1. The molecule has 0 amide bonds. The van der Waals surface area contributed by atoms with Gasteiger partial charge >= 0.3 is 0 Å². The Labute approximate surface area is 124 Å². The number of aromatic nitrogens is 1. The van der Waals surface area contributed by atoms with Crippen LogP contribution in [0.3, 0.4) is 0 Å². The normalized spacial score (nSPS) is 15.1. The SMILES string of the molecule is CC(NC(c1ccc(F)cc1)C(C)(C)C)c1cncs1. The smallest absolute Gasteiger partial charge is 0.123 e. The summed E-state index contributed by atoms with van der Waals surface area (Å²) in [7, 11) is 0. The Bertz CT molecular complexity index is 529. The number of hydrogen-bond donors (Lipinski definition) is 1. The summed E-state index contributed by atoms with van der Waals surface area (Å²) in [6, 6.07) is 7.13. The van der Waals surface area contributed by atoms with Gasteiger partial charge in [-0.2, -0.15) is 0 Å². The van der Waals surface area contributed by atoms with Crippen LogP contribution in [0.25, 0.3) is 0 Å². The first kappa shape index (κ1) is 15.1. The lowest BCUT2D eigenvalue weighted by Crippen LogP contribution is -2.33. The Kier molecular flexibility index (Phi) is 4.55. The lowest BCUT2D eigenvalue weighted by atomic mass is 9.82. The van der Waals surface area contributed by atoms with Crippen molar-refractivity contribution in [3.63, 3.8) is 0 Å². The van der Waals surface area contributed by atoms with Gasteiger partial charge in [0.2, 0.25) is 0 Å². The maximum atomic E-state index is 13.1. The van der Waals surface area contributed by atoms with E-state index < -0.39 is 0 Å². The molecule has 0 saturated carbocycles. The molecule has 0 spiro atoms. The number of halogens is 1. The van der Waals surface area contributed by atoms with Gasteiger partial charge in [0, 0.05) is 23.2 Å². The van der Waals surface area contributed by atoms with Gasteiger partial charge in [0.15, 0.2) is 0 Å². The molecule has 1 heterocycles. The molecule has 108 valence electrons. The van der Waals surface area contributed by atoms with Crippen LogP contribution in [0.1, 0.15) is 50.2 Å². The molecule has 0 saturated heterocycles. The zero-order chi connectivity index (χ0) is 14.8. The predicted octanol–water partition coefficient (Wildman–Crippen LogP) is 4.72. The lowest BCUT2D eigenvalue weighted by Gasteiger charge is -2.34. The van der Waals surface area contributed by atoms with E-state index in [2.05, 4.69) is 38.0 Å². The van der Waals surface area contributed by atoms with Gasteiger partial charge in [-0.25, -0.2) is 4.39 Å². The van der Waals surface area contributed by atoms with Crippen LogP contribution >= 0.6 is 11.3 Å². The van der Waals surface area contributed by atoms with Crippen LogP contribution in [0, 0.1) is 11.2 Å². The van der Waals surface area contributed by atoms with Crippen LogP contribution in [-0.4, -0.2) is 4.98 Å². The molecule has 0 fully saturated rings. The fourth-order valence-electron chi connectivity index (χ4n) is 2.27. The van der Waals surface area contributed by atoms with Crippen molar-refractivity contribution in [1.82, 2.24) is 10.3 Å². The average molecular weight is 292 g/mol. The number of hydrogen-bond acceptors (Lipinski definition) is 3. The second-order valence-corrected chi connectivity index (χ2v) is 7.06. The predicted molar refractivity (Wildman–Crippen MR) is 82.3 cm³/mol. The van der Waals surface area contributed by atoms with Gasteiger partial charge in [0.05, 0.1) is 5.51 Å². The Morgan fingerprint density at radius 1 is 1.20 bits per heavy atom. The third-order valence-corrected chi connectivity index (χ3v) is 4.32. The Hall–Kier alpha value is -1.26. The zero-order valence-electron chi connectivity index (χ0n) is 12.4. The third kappa shape index (κ3) is 3.64. The van der Waals surface area contributed by atoms with Crippen LogP contribution in [-0.2, 0) is 0 Å². The van der Waals surface area contributed by atoms with Crippen LogP contribution in [0.2, 0.25) is 0 Å². The highest BCUT2D eigenvalue weighted by Crippen LogP contribution is 2.35. The molecule has 1 aromatic heterocycles. The summed E-state index contributed by atoms with van der Waals surface area (Å²) in [4.78, 5) is 5.34. The van der Waals surface area contributed by atoms with Crippen LogP contribution in [0.15, 0.2) is 36.0 Å². The zero-order valence-corrected chi connectivity index (χ0v) is 13.2. The summed E-state index contributed by atoms with van der Waals surface area (Å²) in [6.45, 7) is 8.70. The molecule has 4 heteroatoms. The van der Waals surface area contributed by atoms with Crippen LogP contribution in [0.5, 0.6) is 0 Å². The van der Waals surface area contributed by atoms with E-state index in [0.717, 1.165) is 5.56 Å². The van der Waals surface area contributed by atoms with Crippen molar-refractivity contribution in [1.29, 1.82) is 0 Å². The summed E-state index contributed by atoms with van der Waals surface area (Å²) in [6.07, 6.45) is 1.90. The van der Waals surface area contributed by atoms with Crippen molar-refractivity contribution >= 4 is 11.3 Å². The number of nitrogens with zero attached hydrogens (tertiary/aromatic N) is 1. The largest absolute Gasteiger partial charge is 0.302 e. The molecule has 2 aromatic rings. The minimum absolute atomic E-state index is 0.0385. The summed E-state index contributed by atoms with van der Waals surface area (Å²) in [5.41, 5.74) is 2.99. The van der Waals surface area contributed by atoms with Gasteiger partial charge < -0.3 is 5.32 Å². The number of thiazole rings is 1. The van der Waals surface area contributed by atoms with Gasteiger partial charge in [-0.05, 0) is 30.0 Å². The fraction of sp³-hybridized carbons (Fsp3) is 0.438. The summed E-state index contributed by atoms with van der Waals surface area (Å²) in [5.74, 6) is -0.197. The Morgan fingerprint density at radius 3 is 2.35 bits per heavy atom. The molecule has 1 aromatic carbocycles. The standard InChI is InChI=1S/C16H21FN2S/c1-11(14-9-18-10-20-14)19-15(16(2,3)4)12-5-7-13(17)8-6-12/h5-11,15,19H,1-4H3. The maximum absolute atomic E-state index is 13.1. The van der Waals surface area contributed by atoms with Gasteiger partial charge in [-0.3, -0.25) is 4.98 Å². The number of nitrogens with one attached hydrogen (secondary N) is 1. The molecule has 2 rings (SSSR count). The second-order valence-electron chi connectivity index (χ2n) is 6.14. The van der Waals surface area contributed by atoms with Crippen molar-refractivity contribution in [2.75, 3.05) is 0 Å². The highest BCUT2D eigenvalue weighted by atomic mass is 32.1. The van der Waals surface area contributed by atoms with Crippen molar-refractivity contribution in [2.24, 2.45) is 5.41 Å². The second kappa shape index (κ2) is 6.02. The van der Waals surface area contributed by atoms with Gasteiger partial charge in [-0.15, -0.1) is 11.3 Å². The van der Waals surface area contributed by atoms with Crippen molar-refractivity contribution in [2.45, 2.75) is 39.8 Å². The molecule has 0 aliphatic carbocycles. The number of rotatable bonds is 4. The molecule has 20 heavy (non-hydrogen) atoms. The minimum Gasteiger partial charge on any atom is -0.302 e. The fourth-order valence-corrected chi connectivity index (χ4v) is 2.91. The molecule has 2 atom stereocenters. The van der Waals surface area contributed by atoms with Crippen molar-refractivity contribution < 1.29 is 4.39 Å². The van der Waals surface area contributed by atoms with Gasteiger partial charge in [-0.1, -0.05) is 32.9 Å². The van der Waals surface area contributed by atoms with E-state index in [9.17, 15) is 4.39 Å². The Balaban J connectivity index is 2.22. The van der Waals surface area contributed by atoms with E-state index in [1.165, 1.54) is 17.0 Å². The highest BCUT2D eigenvalue weighted by molar-refractivity contribution is 7.09. The summed E-state index contributed by atoms with van der Waals surface area (Å²) in [5, 5.41) is 3.64. The average Bonchev–Trinajstić information content (AvgIpc) is 2.89. The van der Waals surface area contributed by atoms with E-state index in [0.29, 0.717) is 0 Å². The summed E-state index contributed by atoms with van der Waals surface area (Å²) < 4.78 is 13.1. The van der Waals surface area contributed by atoms with Crippen LogP contribution in [0.4, 0.5) is 4.39 Å². The van der Waals surface area contributed by atoms with E-state index in [1.54, 1.807) is 11.3 Å². The highest BCUT2D eigenvalue weighted by Gasteiger charge is 2.28. The van der Waals surface area contributed by atoms with Gasteiger partial charge in [0.1, 0.15) is 5.82 Å². The molecule has 0 aliphatic rings. The summed E-state index contributed by atoms with van der Waals surface area (Å²) >= 11 is 1.65. The molecule has 1 N–H and O–H groups in total. The first-order valence-electron chi connectivity index (χ1n) is 6.78. The monoisotopic (exact) mass is 292 g/mol. The van der Waals surface area contributed by atoms with E-state index in [4.69, 9.17) is 0 Å². The lowest BCUT2D eigenvalue weighted by molar-refractivity contribution is 0.255. The first-order valence-corrected chi connectivity index (χ1v) is 7.66. The quantitative estimate of drug-likeness (QED) is 0.882. The molecular formula is C16H21FN2S. The molecule has 2 unspecified atom stereocenters. The van der Waals surface area contributed by atoms with Crippen molar-refractivity contribution in [3.8, 4) is 0 Å².